The zero-order valence-electron chi connectivity index (χ0n) is 14.5. The molecule has 1 heterocycles. The standard InChI is InChI=1S/C18H27NO3S2/c1-3-4-11-19(17-10-12-24(21,22)14-17)18(20)15(2)23-13-16-8-6-5-7-9-16/h5-9,15,17H,3-4,10-14H2,1-2H3. The van der Waals surface area contributed by atoms with E-state index in [4.69, 9.17) is 0 Å². The molecule has 0 radical (unpaired) electrons. The van der Waals surface area contributed by atoms with E-state index in [0.717, 1.165) is 18.6 Å². The number of benzene rings is 1. The van der Waals surface area contributed by atoms with Gasteiger partial charge in [0.15, 0.2) is 9.84 Å². The smallest absolute Gasteiger partial charge is 0.235 e. The Kier molecular flexibility index (Phi) is 7.16. The quantitative estimate of drug-likeness (QED) is 0.706. The third-order valence-electron chi connectivity index (χ3n) is 4.38. The van der Waals surface area contributed by atoms with Crippen LogP contribution in [-0.4, -0.2) is 48.6 Å². The van der Waals surface area contributed by atoms with E-state index in [1.807, 2.05) is 30.0 Å². The molecule has 0 bridgehead atoms. The predicted octanol–water partition coefficient (Wildman–Crippen LogP) is 3.12. The van der Waals surface area contributed by atoms with Crippen molar-refractivity contribution < 1.29 is 13.2 Å². The molecule has 1 amide bonds. The van der Waals surface area contributed by atoms with E-state index in [1.54, 1.807) is 11.8 Å². The molecular formula is C18H27NO3S2. The summed E-state index contributed by atoms with van der Waals surface area (Å²) < 4.78 is 23.6. The molecule has 0 saturated carbocycles. The lowest BCUT2D eigenvalue weighted by atomic mass is 10.2. The van der Waals surface area contributed by atoms with Crippen LogP contribution in [0.2, 0.25) is 0 Å². The number of hydrogen-bond donors (Lipinski definition) is 0. The van der Waals surface area contributed by atoms with Gasteiger partial charge in [-0.3, -0.25) is 4.79 Å². The van der Waals surface area contributed by atoms with Crippen molar-refractivity contribution in [1.29, 1.82) is 0 Å². The van der Waals surface area contributed by atoms with Crippen LogP contribution < -0.4 is 0 Å². The van der Waals surface area contributed by atoms with Gasteiger partial charge in [0.25, 0.3) is 0 Å². The number of carbonyl (C=O) groups is 1. The molecule has 4 nitrogen and oxygen atoms in total. The molecule has 1 aromatic carbocycles. The summed E-state index contributed by atoms with van der Waals surface area (Å²) in [5.41, 5.74) is 1.20. The van der Waals surface area contributed by atoms with Gasteiger partial charge >= 0.3 is 0 Å². The van der Waals surface area contributed by atoms with Gasteiger partial charge < -0.3 is 4.90 Å². The van der Waals surface area contributed by atoms with Gasteiger partial charge in [-0.1, -0.05) is 43.7 Å². The van der Waals surface area contributed by atoms with Crippen molar-refractivity contribution in [3.8, 4) is 0 Å². The van der Waals surface area contributed by atoms with Crippen LogP contribution in [0.1, 0.15) is 38.7 Å². The molecule has 1 aliphatic rings. The van der Waals surface area contributed by atoms with E-state index in [1.165, 1.54) is 5.56 Å². The summed E-state index contributed by atoms with van der Waals surface area (Å²) in [4.78, 5) is 14.7. The maximum Gasteiger partial charge on any atom is 0.235 e. The first-order valence-corrected chi connectivity index (χ1v) is 11.5. The van der Waals surface area contributed by atoms with E-state index in [0.29, 0.717) is 13.0 Å². The first-order chi connectivity index (χ1) is 11.4. The topological polar surface area (TPSA) is 54.5 Å². The van der Waals surface area contributed by atoms with Crippen LogP contribution in [0.5, 0.6) is 0 Å². The second-order valence-corrected chi connectivity index (χ2v) is 9.94. The Bertz CT molecular complexity index is 631. The molecule has 1 aromatic rings. The molecule has 1 fully saturated rings. The third-order valence-corrected chi connectivity index (χ3v) is 7.33. The average molecular weight is 370 g/mol. The van der Waals surface area contributed by atoms with Gasteiger partial charge in [0.05, 0.1) is 16.8 Å². The van der Waals surface area contributed by atoms with Gasteiger partial charge in [0, 0.05) is 18.3 Å². The van der Waals surface area contributed by atoms with Gasteiger partial charge in [-0.25, -0.2) is 8.42 Å². The van der Waals surface area contributed by atoms with E-state index < -0.39 is 9.84 Å². The van der Waals surface area contributed by atoms with E-state index in [9.17, 15) is 13.2 Å². The van der Waals surface area contributed by atoms with Gasteiger partial charge in [0.1, 0.15) is 0 Å². The van der Waals surface area contributed by atoms with Crippen LogP contribution in [0.15, 0.2) is 30.3 Å². The normalized spacial score (nSPS) is 20.7. The summed E-state index contributed by atoms with van der Waals surface area (Å²) in [6.45, 7) is 4.67. The molecular weight excluding hydrogens is 342 g/mol. The van der Waals surface area contributed by atoms with Crippen molar-refractivity contribution in [2.75, 3.05) is 18.1 Å². The molecule has 0 aromatic heterocycles. The number of unbranched alkanes of at least 4 members (excludes halogenated alkanes) is 1. The van der Waals surface area contributed by atoms with Gasteiger partial charge in [-0.15, -0.1) is 11.8 Å². The molecule has 0 aliphatic carbocycles. The third kappa shape index (κ3) is 5.52. The van der Waals surface area contributed by atoms with Crippen molar-refractivity contribution in [3.05, 3.63) is 35.9 Å². The van der Waals surface area contributed by atoms with Gasteiger partial charge in [0.2, 0.25) is 5.91 Å². The summed E-state index contributed by atoms with van der Waals surface area (Å²) in [6, 6.07) is 9.95. The fraction of sp³-hybridized carbons (Fsp3) is 0.611. The molecule has 1 aliphatic heterocycles. The second kappa shape index (κ2) is 8.90. The first-order valence-electron chi connectivity index (χ1n) is 8.59. The molecule has 2 atom stereocenters. The number of carbonyl (C=O) groups excluding carboxylic acids is 1. The Morgan fingerprint density at radius 2 is 2.04 bits per heavy atom. The molecule has 2 unspecified atom stereocenters. The number of sulfone groups is 1. The van der Waals surface area contributed by atoms with E-state index in [-0.39, 0.29) is 28.7 Å². The summed E-state index contributed by atoms with van der Waals surface area (Å²) in [6.07, 6.45) is 2.49. The minimum Gasteiger partial charge on any atom is -0.338 e. The van der Waals surface area contributed by atoms with E-state index >= 15 is 0 Å². The largest absolute Gasteiger partial charge is 0.338 e. The fourth-order valence-electron chi connectivity index (χ4n) is 2.92. The maximum atomic E-state index is 12.9. The number of amides is 1. The highest BCUT2D eigenvalue weighted by Crippen LogP contribution is 2.24. The van der Waals surface area contributed by atoms with Gasteiger partial charge in [-0.05, 0) is 25.3 Å². The Balaban J connectivity index is 1.98. The lowest BCUT2D eigenvalue weighted by Gasteiger charge is -2.30. The van der Waals surface area contributed by atoms with Crippen molar-refractivity contribution in [2.45, 2.75) is 50.2 Å². The lowest BCUT2D eigenvalue weighted by molar-refractivity contribution is -0.132. The maximum absolute atomic E-state index is 12.9. The van der Waals surface area contributed by atoms with E-state index in [2.05, 4.69) is 19.1 Å². The Hall–Kier alpha value is -1.01. The molecule has 0 spiro atoms. The molecule has 2 rings (SSSR count). The minimum atomic E-state index is -2.98. The van der Waals surface area contributed by atoms with Crippen LogP contribution in [0, 0.1) is 0 Å². The highest BCUT2D eigenvalue weighted by molar-refractivity contribution is 7.99. The Morgan fingerprint density at radius 1 is 1.33 bits per heavy atom. The Morgan fingerprint density at radius 3 is 2.62 bits per heavy atom. The predicted molar refractivity (Wildman–Crippen MR) is 101 cm³/mol. The molecule has 24 heavy (non-hydrogen) atoms. The van der Waals surface area contributed by atoms with Crippen LogP contribution in [-0.2, 0) is 20.4 Å². The summed E-state index contributed by atoms with van der Waals surface area (Å²) in [5.74, 6) is 1.20. The SMILES string of the molecule is CCCCN(C(=O)C(C)SCc1ccccc1)C1CCS(=O)(=O)C1. The molecule has 134 valence electrons. The highest BCUT2D eigenvalue weighted by Gasteiger charge is 2.35. The van der Waals surface area contributed by atoms with Crippen molar-refractivity contribution in [3.63, 3.8) is 0 Å². The zero-order valence-corrected chi connectivity index (χ0v) is 16.1. The summed E-state index contributed by atoms with van der Waals surface area (Å²) in [5, 5.41) is -0.162. The van der Waals surface area contributed by atoms with Crippen molar-refractivity contribution in [2.24, 2.45) is 0 Å². The van der Waals surface area contributed by atoms with Gasteiger partial charge in [-0.2, -0.15) is 0 Å². The summed E-state index contributed by atoms with van der Waals surface area (Å²) in [7, 11) is -2.98. The lowest BCUT2D eigenvalue weighted by Crippen LogP contribution is -2.45. The second-order valence-electron chi connectivity index (χ2n) is 6.38. The number of hydrogen-bond acceptors (Lipinski definition) is 4. The van der Waals surface area contributed by atoms with Crippen LogP contribution in [0.25, 0.3) is 0 Å². The molecule has 0 N–H and O–H groups in total. The highest BCUT2D eigenvalue weighted by atomic mass is 32.2. The van der Waals surface area contributed by atoms with Crippen molar-refractivity contribution >= 4 is 27.5 Å². The van der Waals surface area contributed by atoms with Crippen LogP contribution >= 0.6 is 11.8 Å². The van der Waals surface area contributed by atoms with Crippen LogP contribution in [0.3, 0.4) is 0 Å². The molecule has 6 heteroatoms. The summed E-state index contributed by atoms with van der Waals surface area (Å²) >= 11 is 1.62. The fourth-order valence-corrected chi connectivity index (χ4v) is 5.57. The Labute approximate surface area is 149 Å². The minimum absolute atomic E-state index is 0.0754. The average Bonchev–Trinajstić information content (AvgIpc) is 2.93. The van der Waals surface area contributed by atoms with Crippen LogP contribution in [0.4, 0.5) is 0 Å². The number of thioether (sulfide) groups is 1. The monoisotopic (exact) mass is 369 g/mol. The number of nitrogens with zero attached hydrogens (tertiary/aromatic N) is 1. The zero-order chi connectivity index (χ0) is 17.6. The first kappa shape index (κ1) is 19.3. The number of rotatable bonds is 8. The van der Waals surface area contributed by atoms with Crippen molar-refractivity contribution in [1.82, 2.24) is 4.90 Å². The molecule has 1 saturated heterocycles.